The maximum absolute atomic E-state index is 12.2. The van der Waals surface area contributed by atoms with Crippen LogP contribution < -0.4 is 0 Å². The first-order valence-electron chi connectivity index (χ1n) is 6.49. The van der Waals surface area contributed by atoms with E-state index in [1.54, 1.807) is 12.4 Å². The molecule has 1 unspecified atom stereocenters. The highest BCUT2D eigenvalue weighted by Crippen LogP contribution is 2.16. The lowest BCUT2D eigenvalue weighted by atomic mass is 10.1. The van der Waals surface area contributed by atoms with Crippen LogP contribution in [-0.2, 0) is 11.2 Å². The van der Waals surface area contributed by atoms with Crippen LogP contribution in [-0.4, -0.2) is 54.4 Å². The van der Waals surface area contributed by atoms with Crippen molar-refractivity contribution in [3.05, 3.63) is 30.1 Å². The third-order valence-corrected chi connectivity index (χ3v) is 3.60. The molecule has 1 aliphatic heterocycles. The molecule has 0 radical (unpaired) electrons. The van der Waals surface area contributed by atoms with Gasteiger partial charge in [0.1, 0.15) is 0 Å². The molecule has 0 aromatic carbocycles. The molecule has 4 nitrogen and oxygen atoms in total. The van der Waals surface area contributed by atoms with E-state index in [2.05, 4.69) is 16.9 Å². The SMILES string of the molecule is CN1CCC(C(=O)N(C)CCc2ccncc2)C1. The van der Waals surface area contributed by atoms with Crippen molar-refractivity contribution in [2.24, 2.45) is 5.92 Å². The minimum absolute atomic E-state index is 0.192. The number of carbonyl (C=O) groups is 1. The van der Waals surface area contributed by atoms with E-state index in [1.807, 2.05) is 24.1 Å². The highest BCUT2D eigenvalue weighted by molar-refractivity contribution is 5.79. The fraction of sp³-hybridized carbons (Fsp3) is 0.571. The molecule has 2 rings (SSSR count). The molecule has 0 bridgehead atoms. The van der Waals surface area contributed by atoms with E-state index >= 15 is 0 Å². The molecule has 18 heavy (non-hydrogen) atoms. The molecular weight excluding hydrogens is 226 g/mol. The molecule has 1 aromatic rings. The van der Waals surface area contributed by atoms with Crippen molar-refractivity contribution in [2.45, 2.75) is 12.8 Å². The Morgan fingerprint density at radius 3 is 2.83 bits per heavy atom. The fourth-order valence-corrected chi connectivity index (χ4v) is 2.40. The molecule has 0 spiro atoms. The predicted molar refractivity (Wildman–Crippen MR) is 71.2 cm³/mol. The lowest BCUT2D eigenvalue weighted by Crippen LogP contribution is -2.35. The molecule has 1 saturated heterocycles. The normalized spacial score (nSPS) is 20.0. The minimum Gasteiger partial charge on any atom is -0.345 e. The summed E-state index contributed by atoms with van der Waals surface area (Å²) >= 11 is 0. The van der Waals surface area contributed by atoms with Gasteiger partial charge >= 0.3 is 0 Å². The van der Waals surface area contributed by atoms with Gasteiger partial charge in [0.05, 0.1) is 5.92 Å². The van der Waals surface area contributed by atoms with Gasteiger partial charge in [0.15, 0.2) is 0 Å². The zero-order valence-electron chi connectivity index (χ0n) is 11.2. The van der Waals surface area contributed by atoms with Gasteiger partial charge in [0.25, 0.3) is 0 Å². The Labute approximate surface area is 109 Å². The number of hydrogen-bond donors (Lipinski definition) is 0. The van der Waals surface area contributed by atoms with Crippen LogP contribution in [0.4, 0.5) is 0 Å². The van der Waals surface area contributed by atoms with Crippen LogP contribution >= 0.6 is 0 Å². The van der Waals surface area contributed by atoms with Gasteiger partial charge < -0.3 is 9.80 Å². The summed E-state index contributed by atoms with van der Waals surface area (Å²) < 4.78 is 0. The number of rotatable bonds is 4. The number of likely N-dealkylation sites (N-methyl/N-ethyl adjacent to an activating group) is 1. The number of pyridine rings is 1. The number of amides is 1. The summed E-state index contributed by atoms with van der Waals surface area (Å²) in [6, 6.07) is 4.00. The first kappa shape index (κ1) is 13.0. The number of aromatic nitrogens is 1. The Kier molecular flexibility index (Phi) is 4.31. The summed E-state index contributed by atoms with van der Waals surface area (Å²) in [5, 5.41) is 0. The van der Waals surface area contributed by atoms with Crippen LogP contribution in [0.15, 0.2) is 24.5 Å². The molecule has 1 fully saturated rings. The maximum atomic E-state index is 12.2. The van der Waals surface area contributed by atoms with E-state index in [9.17, 15) is 4.79 Å². The molecule has 2 heterocycles. The third-order valence-electron chi connectivity index (χ3n) is 3.60. The van der Waals surface area contributed by atoms with Crippen molar-refractivity contribution in [1.82, 2.24) is 14.8 Å². The van der Waals surface area contributed by atoms with Crippen LogP contribution in [0.3, 0.4) is 0 Å². The zero-order valence-corrected chi connectivity index (χ0v) is 11.2. The van der Waals surface area contributed by atoms with Crippen LogP contribution in [0.25, 0.3) is 0 Å². The molecule has 0 aliphatic carbocycles. The Morgan fingerprint density at radius 1 is 1.50 bits per heavy atom. The predicted octanol–water partition coefficient (Wildman–Crippen LogP) is 1.03. The second kappa shape index (κ2) is 5.96. The standard InChI is InChI=1S/C14H21N3O/c1-16-9-6-13(11-16)14(18)17(2)10-5-12-3-7-15-8-4-12/h3-4,7-8,13H,5-6,9-11H2,1-2H3. The Bertz CT molecular complexity index is 393. The summed E-state index contributed by atoms with van der Waals surface area (Å²) in [7, 11) is 3.98. The van der Waals surface area contributed by atoms with Gasteiger partial charge in [0.2, 0.25) is 5.91 Å². The summed E-state index contributed by atoms with van der Waals surface area (Å²) in [5.41, 5.74) is 1.23. The quantitative estimate of drug-likeness (QED) is 0.797. The maximum Gasteiger partial charge on any atom is 0.226 e. The minimum atomic E-state index is 0.192. The Hall–Kier alpha value is -1.42. The van der Waals surface area contributed by atoms with Gasteiger partial charge in [0, 0.05) is 32.5 Å². The van der Waals surface area contributed by atoms with Crippen LogP contribution in [0, 0.1) is 5.92 Å². The van der Waals surface area contributed by atoms with Gasteiger partial charge in [-0.05, 0) is 44.1 Å². The number of carbonyl (C=O) groups excluding carboxylic acids is 1. The van der Waals surface area contributed by atoms with Crippen molar-refractivity contribution in [1.29, 1.82) is 0 Å². The highest BCUT2D eigenvalue weighted by atomic mass is 16.2. The number of nitrogens with zero attached hydrogens (tertiary/aromatic N) is 3. The average Bonchev–Trinajstić information content (AvgIpc) is 2.83. The zero-order chi connectivity index (χ0) is 13.0. The molecule has 98 valence electrons. The largest absolute Gasteiger partial charge is 0.345 e. The average molecular weight is 247 g/mol. The van der Waals surface area contributed by atoms with Crippen molar-refractivity contribution < 1.29 is 4.79 Å². The molecule has 0 N–H and O–H groups in total. The van der Waals surface area contributed by atoms with Gasteiger partial charge in [-0.2, -0.15) is 0 Å². The molecule has 1 aliphatic rings. The molecule has 1 amide bonds. The second-order valence-electron chi connectivity index (χ2n) is 5.11. The van der Waals surface area contributed by atoms with Gasteiger partial charge in [-0.3, -0.25) is 9.78 Å². The summed E-state index contributed by atoms with van der Waals surface area (Å²) in [5.74, 6) is 0.478. The fourth-order valence-electron chi connectivity index (χ4n) is 2.40. The summed E-state index contributed by atoms with van der Waals surface area (Å²) in [6.07, 6.45) is 5.48. The van der Waals surface area contributed by atoms with E-state index in [4.69, 9.17) is 0 Å². The van der Waals surface area contributed by atoms with Gasteiger partial charge in [-0.25, -0.2) is 0 Å². The van der Waals surface area contributed by atoms with Gasteiger partial charge in [-0.1, -0.05) is 0 Å². The number of hydrogen-bond acceptors (Lipinski definition) is 3. The lowest BCUT2D eigenvalue weighted by Gasteiger charge is -2.21. The second-order valence-corrected chi connectivity index (χ2v) is 5.11. The van der Waals surface area contributed by atoms with E-state index < -0.39 is 0 Å². The van der Waals surface area contributed by atoms with Crippen molar-refractivity contribution in [3.8, 4) is 0 Å². The van der Waals surface area contributed by atoms with Crippen LogP contribution in [0.2, 0.25) is 0 Å². The Balaban J connectivity index is 1.81. The van der Waals surface area contributed by atoms with Crippen molar-refractivity contribution in [2.75, 3.05) is 33.7 Å². The monoisotopic (exact) mass is 247 g/mol. The summed E-state index contributed by atoms with van der Waals surface area (Å²) in [6.45, 7) is 2.72. The van der Waals surface area contributed by atoms with Crippen molar-refractivity contribution in [3.63, 3.8) is 0 Å². The highest BCUT2D eigenvalue weighted by Gasteiger charge is 2.28. The lowest BCUT2D eigenvalue weighted by molar-refractivity contribution is -0.133. The van der Waals surface area contributed by atoms with Crippen LogP contribution in [0.1, 0.15) is 12.0 Å². The summed E-state index contributed by atoms with van der Waals surface area (Å²) in [4.78, 5) is 20.3. The Morgan fingerprint density at radius 2 is 2.22 bits per heavy atom. The smallest absolute Gasteiger partial charge is 0.226 e. The topological polar surface area (TPSA) is 36.4 Å². The van der Waals surface area contributed by atoms with E-state index in [1.165, 1.54) is 5.56 Å². The van der Waals surface area contributed by atoms with E-state index in [0.29, 0.717) is 0 Å². The molecule has 4 heteroatoms. The van der Waals surface area contributed by atoms with E-state index in [0.717, 1.165) is 32.5 Å². The molecule has 1 aromatic heterocycles. The van der Waals surface area contributed by atoms with Crippen molar-refractivity contribution >= 4 is 5.91 Å². The molecule has 0 saturated carbocycles. The first-order chi connectivity index (χ1) is 8.66. The third kappa shape index (κ3) is 3.29. The van der Waals surface area contributed by atoms with Crippen LogP contribution in [0.5, 0.6) is 0 Å². The van der Waals surface area contributed by atoms with Gasteiger partial charge in [-0.15, -0.1) is 0 Å². The molecular formula is C14H21N3O. The first-order valence-corrected chi connectivity index (χ1v) is 6.49. The van der Waals surface area contributed by atoms with E-state index in [-0.39, 0.29) is 11.8 Å². The molecule has 1 atom stereocenters. The number of likely N-dealkylation sites (tertiary alicyclic amines) is 1.